The summed E-state index contributed by atoms with van der Waals surface area (Å²) in [5.41, 5.74) is 0.724. The third-order valence-corrected chi connectivity index (χ3v) is 2.47. The van der Waals surface area contributed by atoms with Crippen molar-refractivity contribution < 1.29 is 9.53 Å². The predicted octanol–water partition coefficient (Wildman–Crippen LogP) is 2.26. The summed E-state index contributed by atoms with van der Waals surface area (Å²) in [4.78, 5) is 15.6. The zero-order chi connectivity index (χ0) is 15.5. The van der Waals surface area contributed by atoms with E-state index in [0.29, 0.717) is 16.5 Å². The molecule has 2 aromatic heterocycles. The summed E-state index contributed by atoms with van der Waals surface area (Å²) in [6.07, 6.45) is 1.09. The average molecular weight is 307 g/mol. The molecule has 2 rings (SSSR count). The lowest BCUT2D eigenvalue weighted by Crippen LogP contribution is -2.32. The number of aromatic nitrogens is 3. The van der Waals surface area contributed by atoms with E-state index in [-0.39, 0.29) is 6.54 Å². The number of fused-ring (bicyclic) bond motifs is 1. The summed E-state index contributed by atoms with van der Waals surface area (Å²) in [5.74, 6) is 5.68. The molecule has 6 nitrogen and oxygen atoms in total. The van der Waals surface area contributed by atoms with Crippen molar-refractivity contribution >= 4 is 23.3 Å². The van der Waals surface area contributed by atoms with Crippen molar-refractivity contribution in [3.05, 3.63) is 29.2 Å². The molecule has 0 radical (unpaired) electrons. The fourth-order valence-electron chi connectivity index (χ4n) is 1.50. The lowest BCUT2D eigenvalue weighted by Gasteiger charge is -2.18. The van der Waals surface area contributed by atoms with Crippen molar-refractivity contribution in [2.24, 2.45) is 0 Å². The normalized spacial score (nSPS) is 10.9. The molecule has 0 unspecified atom stereocenters. The molecule has 0 bridgehead atoms. The van der Waals surface area contributed by atoms with Crippen LogP contribution in [-0.2, 0) is 4.74 Å². The van der Waals surface area contributed by atoms with Gasteiger partial charge in [0.2, 0.25) is 0 Å². The molecule has 2 heterocycles. The van der Waals surface area contributed by atoms with E-state index < -0.39 is 11.7 Å². The maximum atomic E-state index is 11.4. The van der Waals surface area contributed by atoms with Crippen LogP contribution < -0.4 is 5.32 Å². The maximum absolute atomic E-state index is 11.4. The van der Waals surface area contributed by atoms with Gasteiger partial charge in [0.1, 0.15) is 16.4 Å². The molecule has 1 N–H and O–H groups in total. The third-order valence-electron chi connectivity index (χ3n) is 2.27. The van der Waals surface area contributed by atoms with Crippen molar-refractivity contribution in [2.45, 2.75) is 26.4 Å². The Kier molecular flexibility index (Phi) is 4.34. The number of halogens is 1. The Morgan fingerprint density at radius 1 is 1.48 bits per heavy atom. The molecule has 2 aromatic rings. The molecule has 0 saturated carbocycles. The van der Waals surface area contributed by atoms with Crippen LogP contribution in [0.25, 0.3) is 5.65 Å². The van der Waals surface area contributed by atoms with Crippen LogP contribution in [-0.4, -0.2) is 32.8 Å². The van der Waals surface area contributed by atoms with Crippen LogP contribution >= 0.6 is 11.6 Å². The Morgan fingerprint density at radius 2 is 2.24 bits per heavy atom. The van der Waals surface area contributed by atoms with E-state index in [9.17, 15) is 4.79 Å². The van der Waals surface area contributed by atoms with Gasteiger partial charge in [0.25, 0.3) is 0 Å². The SMILES string of the molecule is CC(C)(C)OC(=O)NCC#Cc1cnc2ccc(Cl)nn12. The number of imidazole rings is 1. The first-order chi connectivity index (χ1) is 9.85. The number of carbonyl (C=O) groups is 1. The molecule has 0 saturated heterocycles. The van der Waals surface area contributed by atoms with Gasteiger partial charge in [-0.3, -0.25) is 0 Å². The molecule has 1 amide bonds. The number of nitrogens with zero attached hydrogens (tertiary/aromatic N) is 3. The molecule has 0 aliphatic carbocycles. The van der Waals surface area contributed by atoms with Gasteiger partial charge in [-0.25, -0.2) is 14.3 Å². The second kappa shape index (κ2) is 6.02. The van der Waals surface area contributed by atoms with Crippen LogP contribution in [0.5, 0.6) is 0 Å². The lowest BCUT2D eigenvalue weighted by atomic mass is 10.2. The first kappa shape index (κ1) is 15.1. The van der Waals surface area contributed by atoms with Gasteiger partial charge in [-0.2, -0.15) is 5.10 Å². The molecule has 21 heavy (non-hydrogen) atoms. The van der Waals surface area contributed by atoms with Crippen LogP contribution in [0.15, 0.2) is 18.3 Å². The van der Waals surface area contributed by atoms with Gasteiger partial charge < -0.3 is 10.1 Å². The molecule has 7 heteroatoms. The molecule has 0 aliphatic heterocycles. The maximum Gasteiger partial charge on any atom is 0.408 e. The van der Waals surface area contributed by atoms with Gasteiger partial charge in [0, 0.05) is 0 Å². The van der Waals surface area contributed by atoms with Crippen molar-refractivity contribution in [3.63, 3.8) is 0 Å². The van der Waals surface area contributed by atoms with Crippen molar-refractivity contribution in [3.8, 4) is 11.8 Å². The fourth-order valence-corrected chi connectivity index (χ4v) is 1.64. The van der Waals surface area contributed by atoms with E-state index in [1.165, 1.54) is 0 Å². The highest BCUT2D eigenvalue weighted by atomic mass is 35.5. The summed E-state index contributed by atoms with van der Waals surface area (Å²) < 4.78 is 6.64. The van der Waals surface area contributed by atoms with E-state index in [4.69, 9.17) is 16.3 Å². The number of rotatable bonds is 1. The third kappa shape index (κ3) is 4.36. The Labute approximate surface area is 127 Å². The smallest absolute Gasteiger partial charge is 0.408 e. The van der Waals surface area contributed by atoms with Crippen molar-refractivity contribution in [1.29, 1.82) is 0 Å². The monoisotopic (exact) mass is 306 g/mol. The molecule has 0 spiro atoms. The van der Waals surface area contributed by atoms with Crippen LogP contribution in [0.1, 0.15) is 26.5 Å². The van der Waals surface area contributed by atoms with Crippen LogP contribution in [0.4, 0.5) is 4.79 Å². The first-order valence-electron chi connectivity index (χ1n) is 6.31. The largest absolute Gasteiger partial charge is 0.444 e. The van der Waals surface area contributed by atoms with E-state index in [1.807, 2.05) is 0 Å². The molecule has 0 fully saturated rings. The number of carbonyl (C=O) groups excluding carboxylic acids is 1. The summed E-state index contributed by atoms with van der Waals surface area (Å²) in [6, 6.07) is 3.41. The number of nitrogens with one attached hydrogen (secondary N) is 1. The molecule has 0 atom stereocenters. The summed E-state index contributed by atoms with van der Waals surface area (Å²) >= 11 is 5.83. The molecular formula is C14H15ClN4O2. The first-order valence-corrected chi connectivity index (χ1v) is 6.69. The minimum absolute atomic E-state index is 0.169. The zero-order valence-electron chi connectivity index (χ0n) is 12.0. The highest BCUT2D eigenvalue weighted by Crippen LogP contribution is 2.08. The van der Waals surface area contributed by atoms with Gasteiger partial charge >= 0.3 is 6.09 Å². The van der Waals surface area contributed by atoms with E-state index in [1.54, 1.807) is 43.6 Å². The Morgan fingerprint density at radius 3 is 2.95 bits per heavy atom. The second-order valence-electron chi connectivity index (χ2n) is 5.23. The minimum Gasteiger partial charge on any atom is -0.444 e. The summed E-state index contributed by atoms with van der Waals surface area (Å²) in [7, 11) is 0. The lowest BCUT2D eigenvalue weighted by molar-refractivity contribution is 0.0535. The van der Waals surface area contributed by atoms with E-state index in [2.05, 4.69) is 27.2 Å². The number of alkyl carbamates (subject to hydrolysis) is 1. The molecule has 0 aromatic carbocycles. The minimum atomic E-state index is -0.528. The van der Waals surface area contributed by atoms with Crippen LogP contribution in [0.3, 0.4) is 0 Å². The molecule has 0 aliphatic rings. The standard InChI is InChI=1S/C14H15ClN4O2/c1-14(2,3)21-13(20)16-8-4-5-10-9-17-12-7-6-11(15)18-19(10)12/h6-7,9H,8H2,1-3H3,(H,16,20). The highest BCUT2D eigenvalue weighted by molar-refractivity contribution is 6.29. The topological polar surface area (TPSA) is 68.5 Å². The van der Waals surface area contributed by atoms with Crippen molar-refractivity contribution in [2.75, 3.05) is 6.54 Å². The zero-order valence-corrected chi connectivity index (χ0v) is 12.7. The summed E-state index contributed by atoms with van der Waals surface area (Å²) in [5, 5.41) is 7.01. The van der Waals surface area contributed by atoms with Gasteiger partial charge in [0.15, 0.2) is 5.65 Å². The number of hydrogen-bond donors (Lipinski definition) is 1. The van der Waals surface area contributed by atoms with Gasteiger partial charge in [-0.05, 0) is 38.8 Å². The second-order valence-corrected chi connectivity index (χ2v) is 5.61. The van der Waals surface area contributed by atoms with Crippen molar-refractivity contribution in [1.82, 2.24) is 19.9 Å². The van der Waals surface area contributed by atoms with Crippen LogP contribution in [0, 0.1) is 11.8 Å². The molecular weight excluding hydrogens is 292 g/mol. The highest BCUT2D eigenvalue weighted by Gasteiger charge is 2.15. The Hall–Kier alpha value is -2.26. The van der Waals surface area contributed by atoms with E-state index in [0.717, 1.165) is 0 Å². The predicted molar refractivity (Wildman–Crippen MR) is 79.1 cm³/mol. The Bertz CT molecular complexity index is 722. The van der Waals surface area contributed by atoms with E-state index >= 15 is 0 Å². The number of amides is 1. The Balaban J connectivity index is 1.99. The average Bonchev–Trinajstić information content (AvgIpc) is 2.75. The van der Waals surface area contributed by atoms with Gasteiger partial charge in [-0.15, -0.1) is 0 Å². The molecule has 110 valence electrons. The van der Waals surface area contributed by atoms with Gasteiger partial charge in [-0.1, -0.05) is 17.5 Å². The number of hydrogen-bond acceptors (Lipinski definition) is 4. The fraction of sp³-hybridized carbons (Fsp3) is 0.357. The quantitative estimate of drug-likeness (QED) is 0.821. The van der Waals surface area contributed by atoms with Crippen LogP contribution in [0.2, 0.25) is 5.15 Å². The van der Waals surface area contributed by atoms with Gasteiger partial charge in [0.05, 0.1) is 12.7 Å². The summed E-state index contributed by atoms with van der Waals surface area (Å²) in [6.45, 7) is 5.56. The number of ether oxygens (including phenoxy) is 1.